The van der Waals surface area contributed by atoms with Crippen molar-refractivity contribution in [3.05, 3.63) is 252 Å². The van der Waals surface area contributed by atoms with E-state index < -0.39 is 57.1 Å². The molecule has 314 valence electrons. The predicted molar refractivity (Wildman–Crippen MR) is 247 cm³/mol. The highest BCUT2D eigenvalue weighted by molar-refractivity contribution is 14.1. The molecule has 0 aliphatic carbocycles. The van der Waals surface area contributed by atoms with Gasteiger partial charge in [0.1, 0.15) is 23.4 Å². The van der Waals surface area contributed by atoms with Gasteiger partial charge in [-0.15, -0.1) is 0 Å². The van der Waals surface area contributed by atoms with Crippen LogP contribution >= 0.6 is 22.6 Å². The smallest absolute Gasteiger partial charge is 0.330 e. The van der Waals surface area contributed by atoms with E-state index in [1.807, 2.05) is 205 Å². The van der Waals surface area contributed by atoms with Crippen LogP contribution in [0.3, 0.4) is 0 Å². The summed E-state index contributed by atoms with van der Waals surface area (Å²) in [4.78, 5) is 29.2. The Morgan fingerprint density at radius 1 is 0.629 bits per heavy atom. The third-order valence-electron chi connectivity index (χ3n) is 10.9. The van der Waals surface area contributed by atoms with E-state index in [4.69, 9.17) is 18.4 Å². The van der Waals surface area contributed by atoms with E-state index in [9.17, 15) is 18.0 Å². The molecule has 1 aromatic heterocycles. The molecule has 0 spiro atoms. The van der Waals surface area contributed by atoms with Crippen LogP contribution in [0.1, 0.15) is 45.2 Å². The Morgan fingerprint density at radius 2 is 1.02 bits per heavy atom. The molecule has 0 bridgehead atoms. The lowest BCUT2D eigenvalue weighted by Crippen LogP contribution is -2.48. The third-order valence-corrected chi connectivity index (χ3v) is 11.9. The summed E-state index contributed by atoms with van der Waals surface area (Å²) in [5, 5.41) is 0. The summed E-state index contributed by atoms with van der Waals surface area (Å²) in [6.45, 7) is -0.198. The Hall–Kier alpha value is -5.74. The van der Waals surface area contributed by atoms with Gasteiger partial charge in [0.25, 0.3) is 15.7 Å². The van der Waals surface area contributed by atoms with Crippen molar-refractivity contribution in [1.82, 2.24) is 9.55 Å². The van der Waals surface area contributed by atoms with Crippen molar-refractivity contribution >= 4 is 38.8 Å². The molecule has 0 radical (unpaired) electrons. The van der Waals surface area contributed by atoms with E-state index in [0.717, 1.165) is 44.2 Å². The molecule has 4 atom stereocenters. The highest BCUT2D eigenvalue weighted by Crippen LogP contribution is 2.47. The SMILES string of the molecule is CS(=O)(=O)O[C@@H]1[C@H](OC(c2ccccc2)(c2ccccc2)c2ccccc2)[C@@H](COC(c2ccccc2)(c2ccccc2)c2ccccc2)O[C@H]1n1cc(C=CI)c(=O)[nH]c1=O. The van der Waals surface area contributed by atoms with Crippen molar-refractivity contribution in [3.8, 4) is 0 Å². The molecule has 10 nitrogen and oxygen atoms in total. The molecule has 1 aliphatic heterocycles. The number of hydrogen-bond donors (Lipinski definition) is 1. The summed E-state index contributed by atoms with van der Waals surface area (Å²) in [6, 6.07) is 58.3. The van der Waals surface area contributed by atoms with E-state index in [-0.39, 0.29) is 12.2 Å². The molecule has 7 aromatic rings. The van der Waals surface area contributed by atoms with Crippen LogP contribution in [0, 0.1) is 0 Å². The van der Waals surface area contributed by atoms with E-state index in [0.29, 0.717) is 0 Å². The molecule has 8 rings (SSSR count). The summed E-state index contributed by atoms with van der Waals surface area (Å²) >= 11 is 1.98. The van der Waals surface area contributed by atoms with Crippen molar-refractivity contribution in [2.75, 3.05) is 12.9 Å². The van der Waals surface area contributed by atoms with Crippen LogP contribution in [0.4, 0.5) is 0 Å². The standard InChI is InChI=1S/C50H43IN2O8S/c1-62(56,57)61-45-44(60-50(40-26-14-5-15-27-40,41-28-16-6-17-29-41)42-30-18-7-19-31-42)43(59-47(45)53-34-36(32-33-51)46(54)52-48(53)55)35-58-49(37-20-8-2-9-21-37,38-22-10-3-11-23-38)39-24-12-4-13-25-39/h2-34,43-45,47H,35H2,1H3,(H,52,54,55)/t43-,44-,45-,47-/m1/s1. The second kappa shape index (κ2) is 18.7. The first-order chi connectivity index (χ1) is 30.1. The van der Waals surface area contributed by atoms with E-state index >= 15 is 0 Å². The molecule has 6 aromatic carbocycles. The molecule has 1 fully saturated rings. The van der Waals surface area contributed by atoms with Gasteiger partial charge in [0.2, 0.25) is 0 Å². The fourth-order valence-corrected chi connectivity index (χ4v) is 9.29. The quantitative estimate of drug-likeness (QED) is 0.0616. The number of aromatic nitrogens is 2. The van der Waals surface area contributed by atoms with E-state index in [1.165, 1.54) is 12.3 Å². The Kier molecular flexibility index (Phi) is 13.0. The van der Waals surface area contributed by atoms with Gasteiger partial charge in [0.05, 0.1) is 18.4 Å². The van der Waals surface area contributed by atoms with E-state index in [1.54, 1.807) is 4.08 Å². The number of nitrogens with zero attached hydrogens (tertiary/aromatic N) is 1. The average Bonchev–Trinajstić information content (AvgIpc) is 3.62. The molecule has 0 amide bonds. The zero-order valence-electron chi connectivity index (χ0n) is 33.6. The van der Waals surface area contributed by atoms with Crippen molar-refractivity contribution in [2.45, 2.75) is 35.7 Å². The number of rotatable bonds is 15. The summed E-state index contributed by atoms with van der Waals surface area (Å²) in [5.74, 6) is 0. The van der Waals surface area contributed by atoms with Crippen LogP contribution in [-0.2, 0) is 39.7 Å². The normalized spacial score (nSPS) is 18.2. The van der Waals surface area contributed by atoms with Gasteiger partial charge in [-0.2, -0.15) is 8.42 Å². The second-order valence-corrected chi connectivity index (χ2v) is 17.1. The van der Waals surface area contributed by atoms with Gasteiger partial charge in [-0.1, -0.05) is 205 Å². The third kappa shape index (κ3) is 8.67. The minimum atomic E-state index is -4.27. The molecule has 0 saturated carbocycles. The lowest BCUT2D eigenvalue weighted by Gasteiger charge is -2.41. The number of aromatic amines is 1. The van der Waals surface area contributed by atoms with Gasteiger partial charge >= 0.3 is 5.69 Å². The van der Waals surface area contributed by atoms with Gasteiger partial charge in [0.15, 0.2) is 12.3 Å². The Balaban J connectivity index is 1.37. The van der Waals surface area contributed by atoms with Crippen LogP contribution in [0.5, 0.6) is 0 Å². The molecule has 62 heavy (non-hydrogen) atoms. The Bertz CT molecular complexity index is 2630. The fourth-order valence-electron chi connectivity index (χ4n) is 8.29. The number of ether oxygens (including phenoxy) is 3. The van der Waals surface area contributed by atoms with Gasteiger partial charge in [-0.25, -0.2) is 4.79 Å². The molecule has 1 saturated heterocycles. The first-order valence-electron chi connectivity index (χ1n) is 19.9. The molecule has 0 unspecified atom stereocenters. The summed E-state index contributed by atoms with van der Waals surface area (Å²) in [7, 11) is -4.27. The zero-order valence-corrected chi connectivity index (χ0v) is 36.5. The lowest BCUT2D eigenvalue weighted by molar-refractivity contribution is -0.130. The van der Waals surface area contributed by atoms with Crippen molar-refractivity contribution in [3.63, 3.8) is 0 Å². The largest absolute Gasteiger partial charge is 0.358 e. The zero-order chi connectivity index (χ0) is 43.2. The Labute approximate surface area is 373 Å². The maximum Gasteiger partial charge on any atom is 0.330 e. The molecule has 1 N–H and O–H groups in total. The molecule has 1 aliphatic rings. The first-order valence-corrected chi connectivity index (χ1v) is 23.0. The van der Waals surface area contributed by atoms with Crippen LogP contribution < -0.4 is 11.2 Å². The van der Waals surface area contributed by atoms with Gasteiger partial charge in [-0.3, -0.25) is 18.5 Å². The highest BCUT2D eigenvalue weighted by atomic mass is 127. The fraction of sp³-hybridized carbons (Fsp3) is 0.160. The molecular formula is C50H43IN2O8S. The number of halogens is 1. The van der Waals surface area contributed by atoms with Crippen LogP contribution in [0.25, 0.3) is 6.08 Å². The van der Waals surface area contributed by atoms with Crippen LogP contribution in [0.2, 0.25) is 0 Å². The number of hydrogen-bond acceptors (Lipinski definition) is 8. The minimum Gasteiger partial charge on any atom is -0.358 e. The highest BCUT2D eigenvalue weighted by Gasteiger charge is 2.55. The van der Waals surface area contributed by atoms with Crippen molar-refractivity contribution in [1.29, 1.82) is 0 Å². The number of H-pyrrole nitrogens is 1. The first kappa shape index (κ1) is 42.9. The van der Waals surface area contributed by atoms with Gasteiger partial charge < -0.3 is 14.2 Å². The lowest BCUT2D eigenvalue weighted by atomic mass is 9.79. The number of nitrogens with one attached hydrogen (secondary N) is 1. The van der Waals surface area contributed by atoms with Crippen molar-refractivity contribution in [2.24, 2.45) is 0 Å². The summed E-state index contributed by atoms with van der Waals surface area (Å²) < 4.78 is 57.6. The van der Waals surface area contributed by atoms with Crippen molar-refractivity contribution < 1.29 is 26.8 Å². The van der Waals surface area contributed by atoms with Crippen LogP contribution in [-0.4, -0.2) is 49.1 Å². The van der Waals surface area contributed by atoms with Gasteiger partial charge in [-0.05, 0) is 43.5 Å². The number of benzene rings is 6. The summed E-state index contributed by atoms with van der Waals surface area (Å²) in [5.41, 5.74) is 0.759. The molecular weight excluding hydrogens is 916 g/mol. The maximum absolute atomic E-state index is 13.9. The second-order valence-electron chi connectivity index (χ2n) is 14.8. The topological polar surface area (TPSA) is 126 Å². The van der Waals surface area contributed by atoms with E-state index in [2.05, 4.69) is 4.98 Å². The molecule has 12 heteroatoms. The maximum atomic E-state index is 13.9. The molecule has 2 heterocycles. The Morgan fingerprint density at radius 3 is 1.39 bits per heavy atom. The monoisotopic (exact) mass is 958 g/mol. The van der Waals surface area contributed by atoms with Crippen LogP contribution in [0.15, 0.2) is 202 Å². The minimum absolute atomic E-state index is 0.140. The average molecular weight is 959 g/mol. The predicted octanol–water partition coefficient (Wildman–Crippen LogP) is 8.57. The summed E-state index contributed by atoms with van der Waals surface area (Å²) in [6.07, 6.45) is -1.50. The van der Waals surface area contributed by atoms with Gasteiger partial charge in [0, 0.05) is 6.20 Å².